The van der Waals surface area contributed by atoms with Crippen LogP contribution in [0.1, 0.15) is 5.56 Å². The first-order valence-corrected chi connectivity index (χ1v) is 5.84. The molecule has 0 unspecified atom stereocenters. The summed E-state index contributed by atoms with van der Waals surface area (Å²) in [5, 5.41) is 10.8. The Kier molecular flexibility index (Phi) is 4.21. The van der Waals surface area contributed by atoms with Gasteiger partial charge < -0.3 is 0 Å². The molecule has 0 saturated carbocycles. The van der Waals surface area contributed by atoms with Crippen LogP contribution >= 0.6 is 0 Å². The minimum Gasteiger partial charge on any atom is -0.258 e. The van der Waals surface area contributed by atoms with Gasteiger partial charge in [0, 0.05) is 6.07 Å². The van der Waals surface area contributed by atoms with Crippen molar-refractivity contribution in [1.82, 2.24) is 0 Å². The van der Waals surface area contributed by atoms with Crippen LogP contribution in [0.2, 0.25) is 0 Å². The third kappa shape index (κ3) is 2.76. The number of nitro benzene ring substituents is 1. The largest absolute Gasteiger partial charge is 0.416 e. The van der Waals surface area contributed by atoms with E-state index in [-0.39, 0.29) is 18.2 Å². The van der Waals surface area contributed by atoms with E-state index < -0.39 is 62.6 Å². The van der Waals surface area contributed by atoms with Gasteiger partial charge in [-0.3, -0.25) is 10.1 Å². The number of rotatable bonds is 2. The molecule has 0 bridgehead atoms. The van der Waals surface area contributed by atoms with Crippen molar-refractivity contribution in [3.8, 4) is 11.1 Å². The summed E-state index contributed by atoms with van der Waals surface area (Å²) in [5.74, 6) is -12.4. The van der Waals surface area contributed by atoms with Crippen LogP contribution in [0.3, 0.4) is 0 Å². The van der Waals surface area contributed by atoms with Crippen LogP contribution in [0.5, 0.6) is 0 Å². The van der Waals surface area contributed by atoms with Gasteiger partial charge in [-0.15, -0.1) is 0 Å². The Hall–Kier alpha value is -2.72. The van der Waals surface area contributed by atoms with Crippen molar-refractivity contribution >= 4 is 5.69 Å². The first kappa shape index (κ1) is 17.6. The molecular formula is C13H3F8NO2. The van der Waals surface area contributed by atoms with Crippen LogP contribution in [0, 0.1) is 39.2 Å². The summed E-state index contributed by atoms with van der Waals surface area (Å²) in [7, 11) is 0. The Bertz CT molecular complexity index is 818. The molecule has 0 amide bonds. The highest BCUT2D eigenvalue weighted by molar-refractivity contribution is 5.75. The van der Waals surface area contributed by atoms with E-state index in [4.69, 9.17) is 0 Å². The summed E-state index contributed by atoms with van der Waals surface area (Å²) >= 11 is 0. The van der Waals surface area contributed by atoms with E-state index in [0.29, 0.717) is 0 Å². The molecule has 2 aromatic rings. The van der Waals surface area contributed by atoms with Crippen LogP contribution in [0.25, 0.3) is 11.1 Å². The van der Waals surface area contributed by atoms with Gasteiger partial charge in [0.1, 0.15) is 0 Å². The summed E-state index contributed by atoms with van der Waals surface area (Å²) < 4.78 is 105. The summed E-state index contributed by atoms with van der Waals surface area (Å²) in [4.78, 5) is 9.52. The van der Waals surface area contributed by atoms with E-state index >= 15 is 0 Å². The molecule has 0 fully saturated rings. The molecule has 0 saturated heterocycles. The predicted octanol–water partition coefficient (Wildman–Crippen LogP) is 4.98. The van der Waals surface area contributed by atoms with Crippen LogP contribution in [-0.4, -0.2) is 4.92 Å². The van der Waals surface area contributed by atoms with Gasteiger partial charge >= 0.3 is 6.18 Å². The zero-order chi connectivity index (χ0) is 18.4. The van der Waals surface area contributed by atoms with Gasteiger partial charge in [-0.05, 0) is 12.1 Å². The highest BCUT2D eigenvalue weighted by Gasteiger charge is 2.35. The van der Waals surface area contributed by atoms with E-state index in [9.17, 15) is 45.2 Å². The van der Waals surface area contributed by atoms with Gasteiger partial charge in [-0.1, -0.05) is 0 Å². The average Bonchev–Trinajstić information content (AvgIpc) is 2.50. The van der Waals surface area contributed by atoms with Crippen LogP contribution < -0.4 is 0 Å². The minimum absolute atomic E-state index is 0.0591. The Morgan fingerprint density at radius 2 is 1.29 bits per heavy atom. The fraction of sp³-hybridized carbons (Fsp3) is 0.0769. The van der Waals surface area contributed by atoms with Crippen molar-refractivity contribution in [2.24, 2.45) is 0 Å². The molecule has 0 radical (unpaired) electrons. The van der Waals surface area contributed by atoms with Crippen LogP contribution in [0.4, 0.5) is 40.8 Å². The van der Waals surface area contributed by atoms with E-state index in [0.717, 1.165) is 0 Å². The van der Waals surface area contributed by atoms with Crippen LogP contribution in [0.15, 0.2) is 18.2 Å². The maximum Gasteiger partial charge on any atom is 0.416 e. The van der Waals surface area contributed by atoms with Gasteiger partial charge in [0.05, 0.1) is 21.6 Å². The fourth-order valence-electron chi connectivity index (χ4n) is 1.91. The highest BCUT2D eigenvalue weighted by Crippen LogP contribution is 2.40. The van der Waals surface area contributed by atoms with Crippen molar-refractivity contribution in [2.75, 3.05) is 0 Å². The van der Waals surface area contributed by atoms with Gasteiger partial charge in [0.15, 0.2) is 23.3 Å². The van der Waals surface area contributed by atoms with E-state index in [1.165, 1.54) is 0 Å². The lowest BCUT2D eigenvalue weighted by Gasteiger charge is -2.12. The second-order valence-electron chi connectivity index (χ2n) is 4.43. The molecule has 24 heavy (non-hydrogen) atoms. The van der Waals surface area contributed by atoms with Gasteiger partial charge in [0.25, 0.3) is 5.69 Å². The molecule has 0 aliphatic carbocycles. The third-order valence-corrected chi connectivity index (χ3v) is 3.00. The maximum absolute atomic E-state index is 13.7. The number of nitro groups is 1. The smallest absolute Gasteiger partial charge is 0.258 e. The number of benzene rings is 2. The Balaban J connectivity index is 2.93. The fourth-order valence-corrected chi connectivity index (χ4v) is 1.91. The topological polar surface area (TPSA) is 43.1 Å². The SMILES string of the molecule is O=[N+]([O-])c1ccc(C(F)(F)F)cc1-c1c(F)c(F)c(F)c(F)c1F. The zero-order valence-electron chi connectivity index (χ0n) is 11.0. The lowest BCUT2D eigenvalue weighted by Crippen LogP contribution is -2.08. The third-order valence-electron chi connectivity index (χ3n) is 3.00. The lowest BCUT2D eigenvalue weighted by molar-refractivity contribution is -0.384. The van der Waals surface area contributed by atoms with Gasteiger partial charge in [-0.25, -0.2) is 22.0 Å². The van der Waals surface area contributed by atoms with Crippen molar-refractivity contribution in [1.29, 1.82) is 0 Å². The molecule has 0 aliphatic heterocycles. The standard InChI is InChI=1S/C13H3F8NO2/c14-8-7(9(15)11(17)12(18)10(8)16)5-3-4(13(19,20)21)1-2-6(5)22(23)24/h1-3H. The number of hydrogen-bond donors (Lipinski definition) is 0. The Morgan fingerprint density at radius 3 is 1.71 bits per heavy atom. The molecule has 11 heteroatoms. The first-order chi connectivity index (χ1) is 11.0. The predicted molar refractivity (Wildman–Crippen MR) is 63.3 cm³/mol. The summed E-state index contributed by atoms with van der Waals surface area (Å²) in [5.41, 5.74) is -6.02. The van der Waals surface area contributed by atoms with Gasteiger partial charge in [0.2, 0.25) is 5.82 Å². The summed E-state index contributed by atoms with van der Waals surface area (Å²) in [6, 6.07) is 0.445. The number of nitrogens with zero attached hydrogens (tertiary/aromatic N) is 1. The second-order valence-corrected chi connectivity index (χ2v) is 4.43. The van der Waals surface area contributed by atoms with E-state index in [1.54, 1.807) is 0 Å². The van der Waals surface area contributed by atoms with E-state index in [2.05, 4.69) is 0 Å². The molecular weight excluding hydrogens is 354 g/mol. The van der Waals surface area contributed by atoms with Crippen LogP contribution in [-0.2, 0) is 6.18 Å². The molecule has 0 N–H and O–H groups in total. The molecule has 0 aliphatic rings. The highest BCUT2D eigenvalue weighted by atomic mass is 19.4. The Morgan fingerprint density at radius 1 is 0.833 bits per heavy atom. The van der Waals surface area contributed by atoms with Crippen molar-refractivity contribution in [3.63, 3.8) is 0 Å². The van der Waals surface area contributed by atoms with Crippen molar-refractivity contribution < 1.29 is 40.0 Å². The van der Waals surface area contributed by atoms with Crippen molar-refractivity contribution in [3.05, 3.63) is 63.0 Å². The first-order valence-electron chi connectivity index (χ1n) is 5.84. The molecule has 2 aromatic carbocycles. The zero-order valence-corrected chi connectivity index (χ0v) is 11.0. The molecule has 2 rings (SSSR count). The molecule has 3 nitrogen and oxygen atoms in total. The normalized spacial score (nSPS) is 11.7. The molecule has 0 atom stereocenters. The Labute approximate surface area is 127 Å². The second kappa shape index (κ2) is 5.73. The molecule has 128 valence electrons. The summed E-state index contributed by atoms with van der Waals surface area (Å²) in [6.07, 6.45) is -5.06. The quantitative estimate of drug-likeness (QED) is 0.250. The number of alkyl halides is 3. The molecule has 0 spiro atoms. The monoisotopic (exact) mass is 357 g/mol. The lowest BCUT2D eigenvalue weighted by atomic mass is 9.99. The summed E-state index contributed by atoms with van der Waals surface area (Å²) in [6.45, 7) is 0. The van der Waals surface area contributed by atoms with E-state index in [1.807, 2.05) is 0 Å². The number of halogens is 8. The van der Waals surface area contributed by atoms with Gasteiger partial charge in [-0.2, -0.15) is 13.2 Å². The average molecular weight is 357 g/mol. The maximum atomic E-state index is 13.7. The molecule has 0 aromatic heterocycles. The number of hydrogen-bond acceptors (Lipinski definition) is 2. The van der Waals surface area contributed by atoms with Crippen molar-refractivity contribution in [2.45, 2.75) is 6.18 Å². The molecule has 0 heterocycles. The minimum atomic E-state index is -5.06.